The van der Waals surface area contributed by atoms with E-state index in [1.807, 2.05) is 6.07 Å². The average Bonchev–Trinajstić information content (AvgIpc) is 2.63. The molecule has 2 rings (SSSR count). The van der Waals surface area contributed by atoms with Crippen LogP contribution in [-0.2, 0) is 19.1 Å². The summed E-state index contributed by atoms with van der Waals surface area (Å²) in [5.41, 5.74) is 1.17. The molecule has 7 heteroatoms. The summed E-state index contributed by atoms with van der Waals surface area (Å²) in [6, 6.07) is 15.5. The highest BCUT2D eigenvalue weighted by molar-refractivity contribution is 6.30. The Labute approximate surface area is 162 Å². The molecule has 0 aromatic heterocycles. The minimum atomic E-state index is -1.07. The summed E-state index contributed by atoms with van der Waals surface area (Å²) in [4.78, 5) is 36.0. The summed E-state index contributed by atoms with van der Waals surface area (Å²) in [5, 5.41) is 5.59. The first-order valence-corrected chi connectivity index (χ1v) is 8.54. The van der Waals surface area contributed by atoms with E-state index in [1.165, 1.54) is 19.9 Å². The van der Waals surface area contributed by atoms with E-state index < -0.39 is 23.9 Å². The van der Waals surface area contributed by atoms with Crippen LogP contribution in [0.3, 0.4) is 0 Å². The lowest BCUT2D eigenvalue weighted by Gasteiger charge is -2.15. The van der Waals surface area contributed by atoms with Crippen LogP contribution in [-0.4, -0.2) is 23.9 Å². The molecule has 0 aliphatic carbocycles. The topological polar surface area (TPSA) is 84.5 Å². The third-order valence-electron chi connectivity index (χ3n) is 3.41. The fourth-order valence-electron chi connectivity index (χ4n) is 2.11. The van der Waals surface area contributed by atoms with Gasteiger partial charge in [-0.25, -0.2) is 4.79 Å². The number of amides is 2. The average molecular weight is 387 g/mol. The van der Waals surface area contributed by atoms with Gasteiger partial charge >= 0.3 is 5.97 Å². The van der Waals surface area contributed by atoms with Crippen molar-refractivity contribution in [2.45, 2.75) is 20.0 Å². The maximum atomic E-state index is 12.4. The van der Waals surface area contributed by atoms with Crippen molar-refractivity contribution in [1.82, 2.24) is 5.32 Å². The summed E-state index contributed by atoms with van der Waals surface area (Å²) >= 11 is 5.80. The molecule has 0 spiro atoms. The molecule has 6 nitrogen and oxygen atoms in total. The van der Waals surface area contributed by atoms with Gasteiger partial charge < -0.3 is 15.4 Å². The number of hydrogen-bond donors (Lipinski definition) is 2. The quantitative estimate of drug-likeness (QED) is 0.588. The number of nitrogens with one attached hydrogen (secondary N) is 2. The predicted octanol–water partition coefficient (Wildman–Crippen LogP) is 3.39. The molecular weight excluding hydrogens is 368 g/mol. The number of esters is 1. The Morgan fingerprint density at radius 3 is 2.26 bits per heavy atom. The standard InChI is InChI=1S/C20H19ClN2O4/c1-13(19(25)23-17-10-8-16(21)9-11-17)27-20(26)18(22-14(2)24)12-15-6-4-3-5-7-15/h3-13H,1-2H3,(H,22,24)(H,23,25)/b18-12-/t13-/m0/s1. The van der Waals surface area contributed by atoms with Crippen molar-refractivity contribution in [3.8, 4) is 0 Å². The zero-order valence-corrected chi connectivity index (χ0v) is 15.6. The van der Waals surface area contributed by atoms with Crippen molar-refractivity contribution in [2.75, 3.05) is 5.32 Å². The van der Waals surface area contributed by atoms with Gasteiger partial charge in [0.2, 0.25) is 5.91 Å². The Kier molecular flexibility index (Phi) is 7.14. The van der Waals surface area contributed by atoms with Crippen molar-refractivity contribution in [1.29, 1.82) is 0 Å². The van der Waals surface area contributed by atoms with Crippen LogP contribution in [0.5, 0.6) is 0 Å². The number of hydrogen-bond acceptors (Lipinski definition) is 4. The summed E-state index contributed by atoms with van der Waals surface area (Å²) in [5.74, 6) is -1.74. The van der Waals surface area contributed by atoms with Crippen molar-refractivity contribution in [3.63, 3.8) is 0 Å². The lowest BCUT2D eigenvalue weighted by Crippen LogP contribution is -2.33. The molecule has 0 aliphatic heterocycles. The normalized spacial score (nSPS) is 12.0. The van der Waals surface area contributed by atoms with E-state index >= 15 is 0 Å². The molecule has 0 saturated heterocycles. The van der Waals surface area contributed by atoms with Crippen LogP contribution in [0.2, 0.25) is 5.02 Å². The molecule has 0 radical (unpaired) electrons. The first-order valence-electron chi connectivity index (χ1n) is 8.17. The molecule has 0 unspecified atom stereocenters. The van der Waals surface area contributed by atoms with Crippen LogP contribution in [0.4, 0.5) is 5.69 Å². The summed E-state index contributed by atoms with van der Waals surface area (Å²) in [6.07, 6.45) is 0.411. The minimum absolute atomic E-state index is 0.0557. The molecule has 1 atom stereocenters. The molecule has 0 saturated carbocycles. The summed E-state index contributed by atoms with van der Waals surface area (Å²) in [7, 11) is 0. The molecule has 0 bridgehead atoms. The third-order valence-corrected chi connectivity index (χ3v) is 3.66. The van der Waals surface area contributed by atoms with Crippen LogP contribution in [0.1, 0.15) is 19.4 Å². The van der Waals surface area contributed by atoms with Gasteiger partial charge in [-0.3, -0.25) is 9.59 Å². The molecule has 2 N–H and O–H groups in total. The monoisotopic (exact) mass is 386 g/mol. The molecule has 2 aromatic carbocycles. The Bertz CT molecular complexity index is 848. The van der Waals surface area contributed by atoms with Crippen molar-refractivity contribution in [3.05, 3.63) is 70.9 Å². The van der Waals surface area contributed by atoms with E-state index in [1.54, 1.807) is 48.5 Å². The van der Waals surface area contributed by atoms with Crippen molar-refractivity contribution >= 4 is 41.1 Å². The maximum Gasteiger partial charge on any atom is 0.355 e. The first kappa shape index (κ1) is 20.2. The van der Waals surface area contributed by atoms with E-state index in [4.69, 9.17) is 16.3 Å². The molecule has 0 aliphatic rings. The number of carbonyl (C=O) groups is 3. The first-order chi connectivity index (χ1) is 12.8. The van der Waals surface area contributed by atoms with E-state index in [2.05, 4.69) is 10.6 Å². The van der Waals surface area contributed by atoms with Crippen molar-refractivity contribution < 1.29 is 19.1 Å². The Hall–Kier alpha value is -3.12. The Morgan fingerprint density at radius 1 is 1.04 bits per heavy atom. The molecule has 140 valence electrons. The molecule has 2 aromatic rings. The van der Waals surface area contributed by atoms with Crippen LogP contribution in [0, 0.1) is 0 Å². The van der Waals surface area contributed by atoms with Gasteiger partial charge in [-0.1, -0.05) is 41.9 Å². The SMILES string of the molecule is CC(=O)N/C(=C\c1ccccc1)C(=O)O[C@@H](C)C(=O)Nc1ccc(Cl)cc1. The van der Waals surface area contributed by atoms with Gasteiger partial charge in [-0.2, -0.15) is 0 Å². The van der Waals surface area contributed by atoms with Crippen molar-refractivity contribution in [2.24, 2.45) is 0 Å². The van der Waals surface area contributed by atoms with Crippen LogP contribution >= 0.6 is 11.6 Å². The largest absolute Gasteiger partial charge is 0.448 e. The molecule has 27 heavy (non-hydrogen) atoms. The fourth-order valence-corrected chi connectivity index (χ4v) is 2.23. The number of carbonyl (C=O) groups excluding carboxylic acids is 3. The van der Waals surface area contributed by atoms with Gasteiger partial charge in [-0.15, -0.1) is 0 Å². The molecule has 2 amide bonds. The second kappa shape index (κ2) is 9.54. The number of halogens is 1. The zero-order chi connectivity index (χ0) is 19.8. The highest BCUT2D eigenvalue weighted by Crippen LogP contribution is 2.14. The second-order valence-corrected chi connectivity index (χ2v) is 6.13. The lowest BCUT2D eigenvalue weighted by molar-refractivity contribution is -0.149. The predicted molar refractivity (Wildman–Crippen MR) is 104 cm³/mol. The van der Waals surface area contributed by atoms with E-state index in [0.717, 1.165) is 0 Å². The van der Waals surface area contributed by atoms with Gasteiger partial charge in [0.25, 0.3) is 5.91 Å². The Balaban J connectivity index is 2.06. The summed E-state index contributed by atoms with van der Waals surface area (Å²) < 4.78 is 5.18. The minimum Gasteiger partial charge on any atom is -0.448 e. The highest BCUT2D eigenvalue weighted by Gasteiger charge is 2.21. The molecule has 0 fully saturated rings. The fraction of sp³-hybridized carbons (Fsp3) is 0.150. The lowest BCUT2D eigenvalue weighted by atomic mass is 10.2. The number of benzene rings is 2. The van der Waals surface area contributed by atoms with Crippen LogP contribution in [0.25, 0.3) is 6.08 Å². The van der Waals surface area contributed by atoms with E-state index in [9.17, 15) is 14.4 Å². The second-order valence-electron chi connectivity index (χ2n) is 5.69. The third kappa shape index (κ3) is 6.60. The number of anilines is 1. The van der Waals surface area contributed by atoms with E-state index in [0.29, 0.717) is 16.3 Å². The zero-order valence-electron chi connectivity index (χ0n) is 14.9. The van der Waals surface area contributed by atoms with Gasteiger partial charge in [0.05, 0.1) is 0 Å². The van der Waals surface area contributed by atoms with Crippen LogP contribution < -0.4 is 10.6 Å². The number of rotatable bonds is 6. The van der Waals surface area contributed by atoms with Gasteiger partial charge in [0, 0.05) is 17.6 Å². The number of ether oxygens (including phenoxy) is 1. The summed E-state index contributed by atoms with van der Waals surface area (Å²) in [6.45, 7) is 2.72. The van der Waals surface area contributed by atoms with Gasteiger partial charge in [0.15, 0.2) is 6.10 Å². The highest BCUT2D eigenvalue weighted by atomic mass is 35.5. The molecular formula is C20H19ClN2O4. The maximum absolute atomic E-state index is 12.4. The Morgan fingerprint density at radius 2 is 1.67 bits per heavy atom. The molecule has 0 heterocycles. The van der Waals surface area contributed by atoms with Gasteiger partial charge in [0.1, 0.15) is 5.70 Å². The smallest absolute Gasteiger partial charge is 0.355 e. The van der Waals surface area contributed by atoms with Gasteiger partial charge in [-0.05, 0) is 42.8 Å². The van der Waals surface area contributed by atoms with E-state index in [-0.39, 0.29) is 5.70 Å². The van der Waals surface area contributed by atoms with Crippen LogP contribution in [0.15, 0.2) is 60.3 Å².